The number of halogens is 1. The van der Waals surface area contributed by atoms with Gasteiger partial charge in [-0.15, -0.1) is 0 Å². The van der Waals surface area contributed by atoms with Gasteiger partial charge in [-0.2, -0.15) is 0 Å². The number of piperazine rings is 1. The lowest BCUT2D eigenvalue weighted by Crippen LogP contribution is -3.09. The average molecular weight is 358 g/mol. The van der Waals surface area contributed by atoms with Crippen molar-refractivity contribution in [1.29, 1.82) is 0 Å². The Kier molecular flexibility index (Phi) is 5.73. The van der Waals surface area contributed by atoms with E-state index in [4.69, 9.17) is 0 Å². The molecule has 0 aromatic heterocycles. The minimum absolute atomic E-state index is 0.101. The number of anilines is 1. The van der Waals surface area contributed by atoms with Crippen molar-refractivity contribution in [3.63, 3.8) is 0 Å². The van der Waals surface area contributed by atoms with Gasteiger partial charge in [-0.05, 0) is 30.3 Å². The SMILES string of the molecule is C[NH+](CC(=O)N1CCN(c2ccc(O)cc2)CC1)Cc1ccccc1F. The third kappa shape index (κ3) is 4.52. The van der Waals surface area contributed by atoms with Crippen molar-refractivity contribution in [3.8, 4) is 5.75 Å². The van der Waals surface area contributed by atoms with Gasteiger partial charge in [0, 0.05) is 37.4 Å². The van der Waals surface area contributed by atoms with Crippen LogP contribution in [0.1, 0.15) is 5.56 Å². The van der Waals surface area contributed by atoms with E-state index in [0.717, 1.165) is 23.7 Å². The van der Waals surface area contributed by atoms with Crippen LogP contribution in [0.3, 0.4) is 0 Å². The molecule has 0 spiro atoms. The van der Waals surface area contributed by atoms with Crippen molar-refractivity contribution in [1.82, 2.24) is 4.90 Å². The standard InChI is InChI=1S/C20H24FN3O2/c1-22(14-16-4-2-3-5-19(16)21)15-20(26)24-12-10-23(11-13-24)17-6-8-18(25)9-7-17/h2-9,25H,10-15H2,1H3/p+1. The molecule has 2 N–H and O–H groups in total. The Bertz CT molecular complexity index is 743. The van der Waals surface area contributed by atoms with Crippen LogP contribution in [-0.2, 0) is 11.3 Å². The van der Waals surface area contributed by atoms with Crippen LogP contribution in [0.4, 0.5) is 10.1 Å². The largest absolute Gasteiger partial charge is 0.508 e. The van der Waals surface area contributed by atoms with Crippen molar-refractivity contribution >= 4 is 11.6 Å². The summed E-state index contributed by atoms with van der Waals surface area (Å²) < 4.78 is 13.7. The van der Waals surface area contributed by atoms with Crippen LogP contribution in [0.25, 0.3) is 0 Å². The van der Waals surface area contributed by atoms with Crippen molar-refractivity contribution in [2.24, 2.45) is 0 Å². The molecule has 1 fully saturated rings. The quantitative estimate of drug-likeness (QED) is 0.835. The Balaban J connectivity index is 1.49. The fraction of sp³-hybridized carbons (Fsp3) is 0.350. The van der Waals surface area contributed by atoms with Crippen LogP contribution in [-0.4, -0.2) is 55.7 Å². The molecule has 138 valence electrons. The van der Waals surface area contributed by atoms with Gasteiger partial charge >= 0.3 is 0 Å². The molecule has 1 saturated heterocycles. The number of hydrogen-bond donors (Lipinski definition) is 2. The lowest BCUT2D eigenvalue weighted by Gasteiger charge is -2.36. The highest BCUT2D eigenvalue weighted by Gasteiger charge is 2.23. The molecule has 0 saturated carbocycles. The molecule has 2 aromatic rings. The minimum Gasteiger partial charge on any atom is -0.508 e. The summed E-state index contributed by atoms with van der Waals surface area (Å²) in [7, 11) is 1.91. The van der Waals surface area contributed by atoms with Crippen LogP contribution < -0.4 is 9.80 Å². The van der Waals surface area contributed by atoms with E-state index >= 15 is 0 Å². The maximum atomic E-state index is 13.7. The molecule has 1 heterocycles. The Morgan fingerprint density at radius 2 is 1.73 bits per heavy atom. The Labute approximate surface area is 153 Å². The number of benzene rings is 2. The van der Waals surface area contributed by atoms with E-state index in [1.54, 1.807) is 24.3 Å². The Morgan fingerprint density at radius 3 is 2.38 bits per heavy atom. The van der Waals surface area contributed by atoms with Gasteiger partial charge in [-0.1, -0.05) is 18.2 Å². The molecule has 1 unspecified atom stereocenters. The van der Waals surface area contributed by atoms with Crippen molar-refractivity contribution in [2.75, 3.05) is 44.7 Å². The molecule has 6 heteroatoms. The van der Waals surface area contributed by atoms with Crippen LogP contribution in [0.5, 0.6) is 5.75 Å². The van der Waals surface area contributed by atoms with Crippen LogP contribution in [0.2, 0.25) is 0 Å². The number of likely N-dealkylation sites (N-methyl/N-ethyl adjacent to an activating group) is 1. The fourth-order valence-corrected chi connectivity index (χ4v) is 3.28. The second kappa shape index (κ2) is 8.19. The summed E-state index contributed by atoms with van der Waals surface area (Å²) in [6.45, 7) is 3.73. The van der Waals surface area contributed by atoms with Crippen molar-refractivity contribution < 1.29 is 19.2 Å². The zero-order valence-corrected chi connectivity index (χ0v) is 15.0. The number of phenolic OH excluding ortho intramolecular Hbond substituents is 1. The molecule has 0 aliphatic carbocycles. The highest BCUT2D eigenvalue weighted by atomic mass is 19.1. The van der Waals surface area contributed by atoms with Crippen molar-refractivity contribution in [2.45, 2.75) is 6.54 Å². The fourth-order valence-electron chi connectivity index (χ4n) is 3.28. The molecule has 1 aliphatic heterocycles. The molecular weight excluding hydrogens is 333 g/mol. The zero-order valence-electron chi connectivity index (χ0n) is 15.0. The second-order valence-corrected chi connectivity index (χ2v) is 6.79. The molecule has 0 radical (unpaired) electrons. The minimum atomic E-state index is -0.221. The first-order chi connectivity index (χ1) is 12.5. The highest BCUT2D eigenvalue weighted by molar-refractivity contribution is 5.77. The van der Waals surface area contributed by atoms with E-state index in [0.29, 0.717) is 31.7 Å². The number of phenols is 1. The van der Waals surface area contributed by atoms with E-state index in [1.165, 1.54) is 6.07 Å². The lowest BCUT2D eigenvalue weighted by molar-refractivity contribution is -0.885. The normalized spacial score (nSPS) is 15.8. The first kappa shape index (κ1) is 18.2. The van der Waals surface area contributed by atoms with Crippen LogP contribution in [0, 0.1) is 5.82 Å². The van der Waals surface area contributed by atoms with Gasteiger partial charge in [0.15, 0.2) is 6.54 Å². The molecular formula is C20H25FN3O2+. The number of aromatic hydroxyl groups is 1. The number of quaternary nitrogens is 1. The summed E-state index contributed by atoms with van der Waals surface area (Å²) >= 11 is 0. The second-order valence-electron chi connectivity index (χ2n) is 6.79. The first-order valence-corrected chi connectivity index (χ1v) is 8.89. The predicted molar refractivity (Wildman–Crippen MR) is 98.8 cm³/mol. The number of hydrogen-bond acceptors (Lipinski definition) is 3. The van der Waals surface area contributed by atoms with Gasteiger partial charge in [-0.3, -0.25) is 4.79 Å². The third-order valence-electron chi connectivity index (χ3n) is 4.75. The summed E-state index contributed by atoms with van der Waals surface area (Å²) in [4.78, 5) is 17.6. The van der Waals surface area contributed by atoms with Crippen LogP contribution in [0.15, 0.2) is 48.5 Å². The number of rotatable bonds is 5. The topological polar surface area (TPSA) is 48.2 Å². The maximum Gasteiger partial charge on any atom is 0.277 e. The summed E-state index contributed by atoms with van der Waals surface area (Å²) in [6, 6.07) is 13.8. The van der Waals surface area contributed by atoms with E-state index in [1.807, 2.05) is 30.1 Å². The molecule has 26 heavy (non-hydrogen) atoms. The smallest absolute Gasteiger partial charge is 0.277 e. The monoisotopic (exact) mass is 358 g/mol. The number of nitrogens with zero attached hydrogens (tertiary/aromatic N) is 2. The number of nitrogens with one attached hydrogen (secondary N) is 1. The molecule has 0 bridgehead atoms. The van der Waals surface area contributed by atoms with Gasteiger partial charge in [0.25, 0.3) is 5.91 Å². The summed E-state index contributed by atoms with van der Waals surface area (Å²) in [5.41, 5.74) is 1.69. The summed E-state index contributed by atoms with van der Waals surface area (Å²) in [6.07, 6.45) is 0. The zero-order chi connectivity index (χ0) is 18.5. The van der Waals surface area contributed by atoms with Gasteiger partial charge in [0.2, 0.25) is 0 Å². The molecule has 1 atom stereocenters. The van der Waals surface area contributed by atoms with E-state index in [2.05, 4.69) is 4.90 Å². The van der Waals surface area contributed by atoms with Gasteiger partial charge < -0.3 is 19.8 Å². The molecule has 5 nitrogen and oxygen atoms in total. The first-order valence-electron chi connectivity index (χ1n) is 8.89. The lowest BCUT2D eigenvalue weighted by atomic mass is 10.2. The predicted octanol–water partition coefficient (Wildman–Crippen LogP) is 0.895. The maximum absolute atomic E-state index is 13.7. The van der Waals surface area contributed by atoms with Crippen LogP contribution >= 0.6 is 0 Å². The van der Waals surface area contributed by atoms with E-state index < -0.39 is 0 Å². The molecule has 1 amide bonds. The molecule has 1 aliphatic rings. The van der Waals surface area contributed by atoms with Gasteiger partial charge in [0.05, 0.1) is 7.05 Å². The Hall–Kier alpha value is -2.60. The summed E-state index contributed by atoms with van der Waals surface area (Å²) in [5.74, 6) is 0.134. The van der Waals surface area contributed by atoms with E-state index in [9.17, 15) is 14.3 Å². The average Bonchev–Trinajstić information content (AvgIpc) is 2.64. The van der Waals surface area contributed by atoms with Gasteiger partial charge in [0.1, 0.15) is 18.1 Å². The highest BCUT2D eigenvalue weighted by Crippen LogP contribution is 2.19. The third-order valence-corrected chi connectivity index (χ3v) is 4.75. The van der Waals surface area contributed by atoms with Crippen molar-refractivity contribution in [3.05, 3.63) is 59.9 Å². The molecule has 3 rings (SSSR count). The summed E-state index contributed by atoms with van der Waals surface area (Å²) in [5, 5.41) is 9.38. The number of carbonyl (C=O) groups excluding carboxylic acids is 1. The molecule has 2 aromatic carbocycles. The number of carbonyl (C=O) groups is 1. The van der Waals surface area contributed by atoms with Gasteiger partial charge in [-0.25, -0.2) is 4.39 Å². The van der Waals surface area contributed by atoms with E-state index in [-0.39, 0.29) is 17.5 Å². The number of amides is 1. The Morgan fingerprint density at radius 1 is 1.08 bits per heavy atom.